The minimum absolute atomic E-state index is 0.0125. The Morgan fingerprint density at radius 1 is 1.57 bits per heavy atom. The summed E-state index contributed by atoms with van der Waals surface area (Å²) in [5.74, 6) is -0.102. The summed E-state index contributed by atoms with van der Waals surface area (Å²) in [5, 5.41) is 15.7. The van der Waals surface area contributed by atoms with E-state index in [1.807, 2.05) is 0 Å². The van der Waals surface area contributed by atoms with E-state index in [0.29, 0.717) is 16.2 Å². The third kappa shape index (κ3) is 2.71. The molecule has 0 bridgehead atoms. The van der Waals surface area contributed by atoms with Crippen LogP contribution in [0.25, 0.3) is 0 Å². The minimum Gasteiger partial charge on any atom is -0.396 e. The first-order chi connectivity index (χ1) is 6.65. The second-order valence-electron chi connectivity index (χ2n) is 2.63. The van der Waals surface area contributed by atoms with E-state index in [0.717, 1.165) is 0 Å². The van der Waals surface area contributed by atoms with Gasteiger partial charge in [-0.15, -0.1) is 11.8 Å². The number of hydrogen-bond donors (Lipinski definition) is 3. The van der Waals surface area contributed by atoms with Crippen LogP contribution in [0.4, 0.5) is 4.39 Å². The number of halogens is 1. The van der Waals surface area contributed by atoms with E-state index in [-0.39, 0.29) is 12.4 Å². The second-order valence-corrected chi connectivity index (χ2v) is 3.77. The molecule has 0 atom stereocenters. The summed E-state index contributed by atoms with van der Waals surface area (Å²) >= 11 is 1.23. The third-order valence-electron chi connectivity index (χ3n) is 1.59. The van der Waals surface area contributed by atoms with Crippen molar-refractivity contribution in [2.45, 2.75) is 4.90 Å². The van der Waals surface area contributed by atoms with Gasteiger partial charge in [-0.2, -0.15) is 0 Å². The number of hydrogen-bond acceptors (Lipinski definition) is 3. The molecule has 0 aliphatic carbocycles. The third-order valence-corrected chi connectivity index (χ3v) is 2.62. The maximum absolute atomic E-state index is 13.3. The topological polar surface area (TPSA) is 70.1 Å². The van der Waals surface area contributed by atoms with Crippen LogP contribution in [-0.4, -0.2) is 23.3 Å². The molecule has 0 spiro atoms. The summed E-state index contributed by atoms with van der Waals surface area (Å²) in [6.07, 6.45) is 0. The Bertz CT molecular complexity index is 344. The molecule has 0 aliphatic rings. The highest BCUT2D eigenvalue weighted by molar-refractivity contribution is 7.99. The summed E-state index contributed by atoms with van der Waals surface area (Å²) in [6, 6.07) is 4.37. The molecule has 1 aromatic carbocycles. The molecule has 0 heterocycles. The van der Waals surface area contributed by atoms with Gasteiger partial charge in [0.1, 0.15) is 11.7 Å². The van der Waals surface area contributed by atoms with Crippen molar-refractivity contribution in [2.24, 2.45) is 5.73 Å². The number of aliphatic hydroxyl groups excluding tert-OH is 1. The number of nitrogens with one attached hydrogen (secondary N) is 1. The van der Waals surface area contributed by atoms with Crippen LogP contribution >= 0.6 is 11.8 Å². The zero-order valence-corrected chi connectivity index (χ0v) is 8.27. The summed E-state index contributed by atoms with van der Waals surface area (Å²) in [6.45, 7) is 0.0125. The normalized spacial score (nSPS) is 10.1. The molecule has 0 unspecified atom stereocenters. The molecule has 4 N–H and O–H groups in total. The lowest BCUT2D eigenvalue weighted by Gasteiger charge is -2.03. The van der Waals surface area contributed by atoms with Gasteiger partial charge >= 0.3 is 0 Å². The van der Waals surface area contributed by atoms with Crippen LogP contribution in [0.2, 0.25) is 0 Å². The molecule has 0 radical (unpaired) electrons. The van der Waals surface area contributed by atoms with Gasteiger partial charge in [0.05, 0.1) is 6.61 Å². The summed E-state index contributed by atoms with van der Waals surface area (Å²) < 4.78 is 13.3. The number of amidine groups is 1. The van der Waals surface area contributed by atoms with Crippen molar-refractivity contribution in [3.8, 4) is 0 Å². The molecule has 0 amide bonds. The summed E-state index contributed by atoms with van der Waals surface area (Å²) in [7, 11) is 0. The Kier molecular flexibility index (Phi) is 3.91. The van der Waals surface area contributed by atoms with Crippen molar-refractivity contribution in [2.75, 3.05) is 12.4 Å². The lowest BCUT2D eigenvalue weighted by Crippen LogP contribution is -2.11. The van der Waals surface area contributed by atoms with Gasteiger partial charge in [-0.3, -0.25) is 5.41 Å². The highest BCUT2D eigenvalue weighted by Crippen LogP contribution is 2.21. The van der Waals surface area contributed by atoms with Crippen molar-refractivity contribution in [3.05, 3.63) is 29.6 Å². The van der Waals surface area contributed by atoms with E-state index in [1.165, 1.54) is 17.8 Å². The van der Waals surface area contributed by atoms with Gasteiger partial charge in [-0.1, -0.05) is 0 Å². The van der Waals surface area contributed by atoms with Crippen molar-refractivity contribution >= 4 is 17.6 Å². The van der Waals surface area contributed by atoms with E-state index < -0.39 is 5.82 Å². The number of rotatable bonds is 4. The predicted molar refractivity (Wildman–Crippen MR) is 55.2 cm³/mol. The number of nitrogens with two attached hydrogens (primary N) is 1. The van der Waals surface area contributed by atoms with Gasteiger partial charge in [-0.25, -0.2) is 4.39 Å². The van der Waals surface area contributed by atoms with Gasteiger partial charge in [0, 0.05) is 16.2 Å². The molecule has 0 aliphatic heterocycles. The van der Waals surface area contributed by atoms with Crippen LogP contribution in [0.1, 0.15) is 5.56 Å². The van der Waals surface area contributed by atoms with Gasteiger partial charge in [0.25, 0.3) is 0 Å². The minimum atomic E-state index is -0.406. The zero-order chi connectivity index (χ0) is 10.6. The highest BCUT2D eigenvalue weighted by atomic mass is 32.2. The fourth-order valence-electron chi connectivity index (χ4n) is 0.941. The van der Waals surface area contributed by atoms with Crippen LogP contribution in [-0.2, 0) is 0 Å². The fraction of sp³-hybridized carbons (Fsp3) is 0.222. The average molecular weight is 214 g/mol. The number of aliphatic hydroxyl groups is 1. The Balaban J connectivity index is 2.84. The molecule has 1 rings (SSSR count). The van der Waals surface area contributed by atoms with Crippen LogP contribution in [0.15, 0.2) is 23.1 Å². The second kappa shape index (κ2) is 4.97. The average Bonchev–Trinajstić information content (AvgIpc) is 2.15. The van der Waals surface area contributed by atoms with Crippen molar-refractivity contribution in [1.29, 1.82) is 5.41 Å². The maximum atomic E-state index is 13.3. The first-order valence-electron chi connectivity index (χ1n) is 4.02. The van der Waals surface area contributed by atoms with E-state index >= 15 is 0 Å². The van der Waals surface area contributed by atoms with Crippen LogP contribution in [0.3, 0.4) is 0 Å². The lowest BCUT2D eigenvalue weighted by atomic mass is 10.2. The first kappa shape index (κ1) is 11.0. The fourth-order valence-corrected chi connectivity index (χ4v) is 1.61. The SMILES string of the molecule is N=C(N)c1ccc(SCCO)c(F)c1. The molecule has 14 heavy (non-hydrogen) atoms. The summed E-state index contributed by atoms with van der Waals surface area (Å²) in [4.78, 5) is 0.462. The van der Waals surface area contributed by atoms with Gasteiger partial charge in [0.15, 0.2) is 0 Å². The lowest BCUT2D eigenvalue weighted by molar-refractivity contribution is 0.322. The molecular formula is C9H11FN2OS. The number of benzene rings is 1. The van der Waals surface area contributed by atoms with E-state index in [2.05, 4.69) is 0 Å². The Morgan fingerprint density at radius 2 is 2.29 bits per heavy atom. The van der Waals surface area contributed by atoms with Crippen LogP contribution < -0.4 is 5.73 Å². The van der Waals surface area contributed by atoms with E-state index in [1.54, 1.807) is 12.1 Å². The smallest absolute Gasteiger partial charge is 0.137 e. The van der Waals surface area contributed by atoms with Gasteiger partial charge < -0.3 is 10.8 Å². The molecule has 5 heteroatoms. The van der Waals surface area contributed by atoms with Crippen molar-refractivity contribution in [3.63, 3.8) is 0 Å². The zero-order valence-electron chi connectivity index (χ0n) is 7.46. The standard InChI is InChI=1S/C9H11FN2OS/c10-7-5-6(9(11)12)1-2-8(7)14-4-3-13/h1-2,5,13H,3-4H2,(H3,11,12). The molecule has 0 fully saturated rings. The molecule has 3 nitrogen and oxygen atoms in total. The molecule has 0 saturated heterocycles. The van der Waals surface area contributed by atoms with Gasteiger partial charge in [0.2, 0.25) is 0 Å². The molecule has 1 aromatic rings. The van der Waals surface area contributed by atoms with Crippen molar-refractivity contribution in [1.82, 2.24) is 0 Å². The van der Waals surface area contributed by atoms with Gasteiger partial charge in [-0.05, 0) is 18.2 Å². The first-order valence-corrected chi connectivity index (χ1v) is 5.01. The molecule has 0 saturated carbocycles. The largest absolute Gasteiger partial charge is 0.396 e. The Labute approximate surface area is 85.6 Å². The Morgan fingerprint density at radius 3 is 2.79 bits per heavy atom. The van der Waals surface area contributed by atoms with Crippen LogP contribution in [0.5, 0.6) is 0 Å². The Hall–Kier alpha value is -1.07. The number of nitrogen functional groups attached to an aromatic ring is 1. The maximum Gasteiger partial charge on any atom is 0.137 e. The molecule has 76 valence electrons. The van der Waals surface area contributed by atoms with E-state index in [4.69, 9.17) is 16.2 Å². The van der Waals surface area contributed by atoms with Crippen LogP contribution in [0, 0.1) is 11.2 Å². The number of thioether (sulfide) groups is 1. The van der Waals surface area contributed by atoms with E-state index in [9.17, 15) is 4.39 Å². The highest BCUT2D eigenvalue weighted by Gasteiger charge is 2.05. The summed E-state index contributed by atoms with van der Waals surface area (Å²) in [5.41, 5.74) is 5.57. The van der Waals surface area contributed by atoms with Crippen molar-refractivity contribution < 1.29 is 9.50 Å². The monoisotopic (exact) mass is 214 g/mol. The predicted octanol–water partition coefficient (Wildman–Crippen LogP) is 1.19. The molecule has 0 aromatic heterocycles. The quantitative estimate of drug-likeness (QED) is 0.400. The molecular weight excluding hydrogens is 203 g/mol.